The normalized spacial score (nSPS) is 11.0. The third kappa shape index (κ3) is 3.82. The van der Waals surface area contributed by atoms with Crippen LogP contribution in [0.5, 0.6) is 0 Å². The number of nitrogens with zero attached hydrogens (tertiary/aromatic N) is 3. The molecule has 1 heterocycles. The summed E-state index contributed by atoms with van der Waals surface area (Å²) in [6.45, 7) is 5.36. The molecule has 0 aliphatic heterocycles. The van der Waals surface area contributed by atoms with Gasteiger partial charge in [-0.15, -0.1) is 0 Å². The van der Waals surface area contributed by atoms with Crippen molar-refractivity contribution < 1.29 is 5.11 Å². The quantitative estimate of drug-likeness (QED) is 0.844. The summed E-state index contributed by atoms with van der Waals surface area (Å²) < 4.78 is 3.25. The number of aliphatic hydroxyl groups excluding tert-OH is 1. The monoisotopic (exact) mass is 289 g/mol. The minimum atomic E-state index is -0.0645. The van der Waals surface area contributed by atoms with Gasteiger partial charge in [0.1, 0.15) is 5.82 Å². The summed E-state index contributed by atoms with van der Waals surface area (Å²) in [5.41, 5.74) is 2.20. The molecule has 2 aromatic rings. The third-order valence-electron chi connectivity index (χ3n) is 3.46. The topological polar surface area (TPSA) is 60.0 Å². The average molecular weight is 289 g/mol. The molecule has 0 spiro atoms. The van der Waals surface area contributed by atoms with Gasteiger partial charge in [-0.05, 0) is 25.3 Å². The predicted octanol–water partition coefficient (Wildman–Crippen LogP) is 1.74. The van der Waals surface area contributed by atoms with Gasteiger partial charge < -0.3 is 5.11 Å². The first-order valence-corrected chi connectivity index (χ1v) is 7.48. The smallest absolute Gasteiger partial charge is 0.346 e. The number of hydrogen-bond donors (Lipinski definition) is 1. The van der Waals surface area contributed by atoms with Crippen LogP contribution in [-0.4, -0.2) is 26.1 Å². The molecule has 5 heteroatoms. The number of aromatic nitrogens is 3. The van der Waals surface area contributed by atoms with Crippen molar-refractivity contribution in [2.45, 2.75) is 46.2 Å². The zero-order valence-electron chi connectivity index (χ0n) is 12.7. The zero-order chi connectivity index (χ0) is 15.2. The maximum atomic E-state index is 12.4. The fourth-order valence-corrected chi connectivity index (χ4v) is 2.33. The molecular formula is C16H23N3O2. The van der Waals surface area contributed by atoms with E-state index in [4.69, 9.17) is 5.11 Å². The van der Waals surface area contributed by atoms with E-state index < -0.39 is 0 Å². The van der Waals surface area contributed by atoms with Crippen LogP contribution in [0.2, 0.25) is 0 Å². The minimum absolute atomic E-state index is 0.0645. The molecule has 0 saturated carbocycles. The van der Waals surface area contributed by atoms with Crippen LogP contribution in [0.1, 0.15) is 36.7 Å². The van der Waals surface area contributed by atoms with Crippen molar-refractivity contribution in [3.63, 3.8) is 0 Å². The number of aryl methyl sites for hydroxylation is 2. The van der Waals surface area contributed by atoms with Crippen LogP contribution in [0, 0.1) is 6.92 Å². The molecule has 0 fully saturated rings. The second kappa shape index (κ2) is 7.22. The lowest BCUT2D eigenvalue weighted by Crippen LogP contribution is -2.26. The Morgan fingerprint density at radius 3 is 2.57 bits per heavy atom. The summed E-state index contributed by atoms with van der Waals surface area (Å²) in [6, 6.07) is 8.12. The van der Waals surface area contributed by atoms with Crippen molar-refractivity contribution in [3.05, 3.63) is 51.7 Å². The van der Waals surface area contributed by atoms with E-state index in [1.807, 2.05) is 38.1 Å². The van der Waals surface area contributed by atoms with Crippen LogP contribution in [0.15, 0.2) is 29.1 Å². The molecule has 0 amide bonds. The highest BCUT2D eigenvalue weighted by molar-refractivity contribution is 5.21. The first-order chi connectivity index (χ1) is 10.2. The number of hydrogen-bond acceptors (Lipinski definition) is 3. The summed E-state index contributed by atoms with van der Waals surface area (Å²) in [5, 5.41) is 13.4. The number of aliphatic hydroxyl groups is 1. The van der Waals surface area contributed by atoms with Gasteiger partial charge in [-0.25, -0.2) is 9.48 Å². The molecule has 0 saturated heterocycles. The maximum absolute atomic E-state index is 12.4. The van der Waals surface area contributed by atoms with E-state index in [2.05, 4.69) is 5.10 Å². The Balaban J connectivity index is 2.26. The molecule has 1 aromatic heterocycles. The molecule has 0 aliphatic rings. The van der Waals surface area contributed by atoms with E-state index in [-0.39, 0.29) is 12.3 Å². The average Bonchev–Trinajstić information content (AvgIpc) is 2.77. The molecular weight excluding hydrogens is 266 g/mol. The van der Waals surface area contributed by atoms with Crippen LogP contribution in [0.4, 0.5) is 0 Å². The molecule has 1 aromatic carbocycles. The Kier molecular flexibility index (Phi) is 5.33. The summed E-state index contributed by atoms with van der Waals surface area (Å²) in [7, 11) is 0. The molecule has 0 unspecified atom stereocenters. The Hall–Kier alpha value is -1.88. The molecule has 0 bridgehead atoms. The van der Waals surface area contributed by atoms with E-state index in [1.165, 1.54) is 10.2 Å². The van der Waals surface area contributed by atoms with Crippen LogP contribution in [0.25, 0.3) is 0 Å². The summed E-state index contributed by atoms with van der Waals surface area (Å²) in [4.78, 5) is 12.4. The van der Waals surface area contributed by atoms with Crippen molar-refractivity contribution in [2.24, 2.45) is 0 Å². The second-order valence-electron chi connectivity index (χ2n) is 5.32. The molecule has 2 rings (SSSR count). The van der Waals surface area contributed by atoms with E-state index in [0.717, 1.165) is 17.8 Å². The van der Waals surface area contributed by atoms with Gasteiger partial charge in [0.2, 0.25) is 0 Å². The van der Waals surface area contributed by atoms with E-state index in [9.17, 15) is 4.79 Å². The predicted molar refractivity (Wildman–Crippen MR) is 82.5 cm³/mol. The van der Waals surface area contributed by atoms with E-state index >= 15 is 0 Å². The van der Waals surface area contributed by atoms with Gasteiger partial charge in [0.25, 0.3) is 0 Å². The maximum Gasteiger partial charge on any atom is 0.346 e. The lowest BCUT2D eigenvalue weighted by molar-refractivity contribution is 0.286. The lowest BCUT2D eigenvalue weighted by Gasteiger charge is -2.01. The van der Waals surface area contributed by atoms with Crippen LogP contribution >= 0.6 is 0 Å². The van der Waals surface area contributed by atoms with Gasteiger partial charge in [0.05, 0.1) is 6.54 Å². The van der Waals surface area contributed by atoms with Crippen LogP contribution < -0.4 is 5.69 Å². The van der Waals surface area contributed by atoms with Gasteiger partial charge in [-0.3, -0.25) is 4.57 Å². The highest BCUT2D eigenvalue weighted by Gasteiger charge is 2.12. The Morgan fingerprint density at radius 2 is 1.95 bits per heavy atom. The fraction of sp³-hybridized carbons (Fsp3) is 0.500. The summed E-state index contributed by atoms with van der Waals surface area (Å²) in [5.74, 6) is 0.767. The Labute approximate surface area is 124 Å². The van der Waals surface area contributed by atoms with Crippen molar-refractivity contribution in [3.8, 4) is 0 Å². The third-order valence-corrected chi connectivity index (χ3v) is 3.46. The van der Waals surface area contributed by atoms with Crippen LogP contribution in [-0.2, 0) is 19.5 Å². The zero-order valence-corrected chi connectivity index (χ0v) is 12.7. The summed E-state index contributed by atoms with van der Waals surface area (Å²) in [6.07, 6.45) is 2.15. The lowest BCUT2D eigenvalue weighted by atomic mass is 10.1. The second-order valence-corrected chi connectivity index (χ2v) is 5.32. The highest BCUT2D eigenvalue weighted by atomic mass is 16.3. The Morgan fingerprint density at radius 1 is 1.24 bits per heavy atom. The van der Waals surface area contributed by atoms with Gasteiger partial charge in [0, 0.05) is 19.6 Å². The SMILES string of the molecule is CCCn1c(CCCO)nn(Cc2ccc(C)cc2)c1=O. The molecule has 114 valence electrons. The van der Waals surface area contributed by atoms with Crippen molar-refractivity contribution in [1.82, 2.24) is 14.3 Å². The van der Waals surface area contributed by atoms with Crippen molar-refractivity contribution in [2.75, 3.05) is 6.61 Å². The number of benzene rings is 1. The molecule has 0 aliphatic carbocycles. The molecule has 0 radical (unpaired) electrons. The van der Waals surface area contributed by atoms with Crippen LogP contribution in [0.3, 0.4) is 0 Å². The van der Waals surface area contributed by atoms with Gasteiger partial charge in [0.15, 0.2) is 0 Å². The molecule has 1 N–H and O–H groups in total. The largest absolute Gasteiger partial charge is 0.396 e. The summed E-state index contributed by atoms with van der Waals surface area (Å²) >= 11 is 0. The van der Waals surface area contributed by atoms with E-state index in [0.29, 0.717) is 25.9 Å². The van der Waals surface area contributed by atoms with Gasteiger partial charge in [-0.1, -0.05) is 36.8 Å². The standard InChI is InChI=1S/C16H23N3O2/c1-3-10-18-15(5-4-11-20)17-19(16(18)21)12-14-8-6-13(2)7-9-14/h6-9,20H,3-5,10-12H2,1-2H3. The number of rotatable bonds is 7. The van der Waals surface area contributed by atoms with Gasteiger partial charge >= 0.3 is 5.69 Å². The molecule has 5 nitrogen and oxygen atoms in total. The van der Waals surface area contributed by atoms with Crippen molar-refractivity contribution in [1.29, 1.82) is 0 Å². The van der Waals surface area contributed by atoms with E-state index in [1.54, 1.807) is 4.57 Å². The minimum Gasteiger partial charge on any atom is -0.396 e. The first kappa shape index (κ1) is 15.5. The highest BCUT2D eigenvalue weighted by Crippen LogP contribution is 2.05. The van der Waals surface area contributed by atoms with Gasteiger partial charge in [-0.2, -0.15) is 5.10 Å². The Bertz CT molecular complexity index is 626. The van der Waals surface area contributed by atoms with Crippen molar-refractivity contribution >= 4 is 0 Å². The first-order valence-electron chi connectivity index (χ1n) is 7.48. The molecule has 21 heavy (non-hydrogen) atoms. The fourth-order valence-electron chi connectivity index (χ4n) is 2.33. The molecule has 0 atom stereocenters.